The molecule has 248 valence electrons. The quantitative estimate of drug-likeness (QED) is 0.105. The van der Waals surface area contributed by atoms with E-state index in [-0.39, 0.29) is 80.2 Å². The maximum atomic E-state index is 12.1. The highest BCUT2D eigenvalue weighted by Crippen LogP contribution is 2.18. The number of likely N-dealkylation sites (tertiary alicyclic amines) is 2. The number of benzene rings is 1. The second-order valence-corrected chi connectivity index (χ2v) is 10.7. The summed E-state index contributed by atoms with van der Waals surface area (Å²) >= 11 is 0. The SMILES string of the molecule is CC1CC(=O)N(CCC(=O)NCCOCCOCCOCCOCCC(=O)Nc2ccc(CCC(=O)N3CCC3=O)cc2)C1=O. The molecule has 1 atom stereocenters. The third-order valence-electron chi connectivity index (χ3n) is 7.21. The molecule has 6 amide bonds. The minimum atomic E-state index is -0.311. The number of carbonyl (C=O) groups excluding carboxylic acids is 6. The molecule has 0 saturated carbocycles. The van der Waals surface area contributed by atoms with Crippen LogP contribution in [0.2, 0.25) is 0 Å². The number of imide groups is 2. The molecule has 1 aromatic carbocycles. The van der Waals surface area contributed by atoms with Crippen LogP contribution in [0.5, 0.6) is 0 Å². The number of hydrogen-bond acceptors (Lipinski definition) is 10. The molecular formula is C31H44N4O10. The summed E-state index contributed by atoms with van der Waals surface area (Å²) in [6.07, 6.45) is 1.74. The summed E-state index contributed by atoms with van der Waals surface area (Å²) in [5, 5.41) is 5.50. The summed E-state index contributed by atoms with van der Waals surface area (Å²) in [4.78, 5) is 73.3. The van der Waals surface area contributed by atoms with Crippen LogP contribution in [-0.4, -0.2) is 118 Å². The zero-order valence-electron chi connectivity index (χ0n) is 25.9. The van der Waals surface area contributed by atoms with Crippen LogP contribution < -0.4 is 10.6 Å². The van der Waals surface area contributed by atoms with Crippen molar-refractivity contribution >= 4 is 41.1 Å². The van der Waals surface area contributed by atoms with Crippen LogP contribution in [-0.2, 0) is 54.1 Å². The number of nitrogens with zero attached hydrogens (tertiary/aromatic N) is 2. The number of carbonyl (C=O) groups is 6. The predicted octanol–water partition coefficient (Wildman–Crippen LogP) is 0.674. The van der Waals surface area contributed by atoms with Gasteiger partial charge >= 0.3 is 0 Å². The first kappa shape index (κ1) is 35.8. The van der Waals surface area contributed by atoms with Gasteiger partial charge < -0.3 is 29.6 Å². The molecule has 2 aliphatic heterocycles. The smallest absolute Gasteiger partial charge is 0.232 e. The lowest BCUT2D eigenvalue weighted by Crippen LogP contribution is -2.47. The monoisotopic (exact) mass is 632 g/mol. The van der Waals surface area contributed by atoms with Crippen molar-refractivity contribution in [2.24, 2.45) is 5.92 Å². The number of aryl methyl sites for hydroxylation is 1. The minimum absolute atomic E-state index is 0.0707. The first-order valence-corrected chi connectivity index (χ1v) is 15.4. The van der Waals surface area contributed by atoms with E-state index in [0.29, 0.717) is 77.9 Å². The molecule has 45 heavy (non-hydrogen) atoms. The fourth-order valence-corrected chi connectivity index (χ4v) is 4.52. The lowest BCUT2D eigenvalue weighted by atomic mass is 10.1. The van der Waals surface area contributed by atoms with Crippen LogP contribution in [0, 0.1) is 5.92 Å². The van der Waals surface area contributed by atoms with Gasteiger partial charge in [0.25, 0.3) is 0 Å². The van der Waals surface area contributed by atoms with Gasteiger partial charge in [-0.25, -0.2) is 0 Å². The molecule has 0 spiro atoms. The van der Waals surface area contributed by atoms with Crippen LogP contribution in [0.15, 0.2) is 24.3 Å². The molecule has 2 N–H and O–H groups in total. The van der Waals surface area contributed by atoms with Gasteiger partial charge in [0.15, 0.2) is 0 Å². The van der Waals surface area contributed by atoms with Gasteiger partial charge in [0, 0.05) is 56.9 Å². The van der Waals surface area contributed by atoms with E-state index in [9.17, 15) is 28.8 Å². The number of amides is 6. The van der Waals surface area contributed by atoms with E-state index in [1.54, 1.807) is 19.1 Å². The lowest BCUT2D eigenvalue weighted by Gasteiger charge is -2.28. The van der Waals surface area contributed by atoms with Crippen LogP contribution in [0.4, 0.5) is 5.69 Å². The van der Waals surface area contributed by atoms with E-state index < -0.39 is 0 Å². The maximum Gasteiger partial charge on any atom is 0.232 e. The Hall–Kier alpha value is -3.72. The third kappa shape index (κ3) is 13.0. The van der Waals surface area contributed by atoms with Crippen molar-refractivity contribution in [1.29, 1.82) is 0 Å². The second kappa shape index (κ2) is 19.6. The molecule has 0 bridgehead atoms. The standard InChI is InChI=1S/C31H44N4O10/c1-23-22-30(40)35(31(23)41)12-8-26(36)32-11-15-43-17-19-45-21-20-44-18-16-42-14-10-27(37)33-25-5-2-24(3-6-25)4-7-28(38)34-13-9-29(34)39/h2-3,5-6,23H,4,7-22H2,1H3,(H,32,36)(H,33,37). The van der Waals surface area contributed by atoms with E-state index >= 15 is 0 Å². The molecule has 2 saturated heterocycles. The van der Waals surface area contributed by atoms with Gasteiger partial charge in [-0.3, -0.25) is 38.6 Å². The lowest BCUT2D eigenvalue weighted by molar-refractivity contribution is -0.152. The molecule has 2 heterocycles. The van der Waals surface area contributed by atoms with Crippen molar-refractivity contribution in [3.63, 3.8) is 0 Å². The number of anilines is 1. The van der Waals surface area contributed by atoms with Crippen LogP contribution >= 0.6 is 0 Å². The highest BCUT2D eigenvalue weighted by Gasteiger charge is 2.35. The summed E-state index contributed by atoms with van der Waals surface area (Å²) in [5.74, 6) is -1.44. The van der Waals surface area contributed by atoms with Gasteiger partial charge in [-0.05, 0) is 24.1 Å². The van der Waals surface area contributed by atoms with Gasteiger partial charge in [-0.15, -0.1) is 0 Å². The summed E-state index contributed by atoms with van der Waals surface area (Å²) in [5.41, 5.74) is 1.61. The summed E-state index contributed by atoms with van der Waals surface area (Å²) in [6, 6.07) is 7.27. The Morgan fingerprint density at radius 1 is 0.778 bits per heavy atom. The van der Waals surface area contributed by atoms with Gasteiger partial charge in [0.1, 0.15) is 0 Å². The van der Waals surface area contributed by atoms with Gasteiger partial charge in [-0.2, -0.15) is 0 Å². The molecule has 0 aromatic heterocycles. The summed E-state index contributed by atoms with van der Waals surface area (Å²) < 4.78 is 21.7. The Balaban J connectivity index is 1.06. The van der Waals surface area contributed by atoms with Crippen LogP contribution in [0.3, 0.4) is 0 Å². The average molecular weight is 633 g/mol. The van der Waals surface area contributed by atoms with Gasteiger partial charge in [-0.1, -0.05) is 19.1 Å². The number of rotatable bonds is 22. The molecule has 1 unspecified atom stereocenters. The first-order valence-electron chi connectivity index (χ1n) is 15.4. The molecule has 2 fully saturated rings. The van der Waals surface area contributed by atoms with E-state index in [1.807, 2.05) is 12.1 Å². The number of hydrogen-bond donors (Lipinski definition) is 2. The van der Waals surface area contributed by atoms with Gasteiger partial charge in [0.2, 0.25) is 35.4 Å². The zero-order chi connectivity index (χ0) is 32.4. The fourth-order valence-electron chi connectivity index (χ4n) is 4.52. The van der Waals surface area contributed by atoms with Crippen molar-refractivity contribution in [3.05, 3.63) is 29.8 Å². The van der Waals surface area contributed by atoms with Crippen LogP contribution in [0.25, 0.3) is 0 Å². The van der Waals surface area contributed by atoms with Crippen molar-refractivity contribution < 1.29 is 47.7 Å². The molecule has 14 nitrogen and oxygen atoms in total. The molecule has 14 heteroatoms. The third-order valence-corrected chi connectivity index (χ3v) is 7.21. The van der Waals surface area contributed by atoms with Crippen molar-refractivity contribution in [2.75, 3.05) is 77.8 Å². The largest absolute Gasteiger partial charge is 0.379 e. The second-order valence-electron chi connectivity index (χ2n) is 10.7. The molecule has 0 aliphatic carbocycles. The fraction of sp³-hybridized carbons (Fsp3) is 0.613. The Labute approximate surface area is 263 Å². The summed E-state index contributed by atoms with van der Waals surface area (Å²) in [7, 11) is 0. The van der Waals surface area contributed by atoms with Crippen LogP contribution in [0.1, 0.15) is 44.6 Å². The van der Waals surface area contributed by atoms with E-state index in [1.165, 1.54) is 4.90 Å². The predicted molar refractivity (Wildman–Crippen MR) is 161 cm³/mol. The first-order chi connectivity index (χ1) is 21.7. The molecule has 2 aliphatic rings. The van der Waals surface area contributed by atoms with Crippen molar-refractivity contribution in [2.45, 2.75) is 45.4 Å². The van der Waals surface area contributed by atoms with E-state index in [0.717, 1.165) is 10.5 Å². The number of β-lactam (4-membered cyclic amide) rings is 1. The topological polar surface area (TPSA) is 170 Å². The Morgan fingerprint density at radius 3 is 1.96 bits per heavy atom. The van der Waals surface area contributed by atoms with E-state index in [2.05, 4.69) is 10.6 Å². The average Bonchev–Trinajstić information content (AvgIpc) is 3.26. The molecular weight excluding hydrogens is 588 g/mol. The maximum absolute atomic E-state index is 12.1. The summed E-state index contributed by atoms with van der Waals surface area (Å²) in [6.45, 7) is 5.46. The van der Waals surface area contributed by atoms with Crippen molar-refractivity contribution in [3.8, 4) is 0 Å². The molecule has 3 rings (SSSR count). The Kier molecular flexibility index (Phi) is 15.6. The minimum Gasteiger partial charge on any atom is -0.379 e. The number of nitrogens with one attached hydrogen (secondary N) is 2. The normalized spacial score (nSPS) is 16.2. The van der Waals surface area contributed by atoms with E-state index in [4.69, 9.17) is 18.9 Å². The van der Waals surface area contributed by atoms with Gasteiger partial charge in [0.05, 0.1) is 59.3 Å². The Bertz CT molecular complexity index is 1160. The number of ether oxygens (including phenoxy) is 4. The highest BCUT2D eigenvalue weighted by atomic mass is 16.6. The zero-order valence-corrected chi connectivity index (χ0v) is 25.9. The molecule has 1 aromatic rings. The van der Waals surface area contributed by atoms with Crippen molar-refractivity contribution in [1.82, 2.24) is 15.1 Å². The molecule has 0 radical (unpaired) electrons. The highest BCUT2D eigenvalue weighted by molar-refractivity contribution is 6.03. The Morgan fingerprint density at radius 2 is 1.40 bits per heavy atom.